The van der Waals surface area contributed by atoms with E-state index in [9.17, 15) is 0 Å². The van der Waals surface area contributed by atoms with E-state index in [2.05, 4.69) is 28.3 Å². The van der Waals surface area contributed by atoms with E-state index in [1.165, 1.54) is 37.8 Å². The first-order valence-corrected chi connectivity index (χ1v) is 6.49. The zero-order chi connectivity index (χ0) is 12.1. The molecule has 0 bridgehead atoms. The second-order valence-electron chi connectivity index (χ2n) is 4.75. The molecule has 1 saturated carbocycles. The minimum Gasteiger partial charge on any atom is -0.308 e. The monoisotopic (exact) mass is 234 g/mol. The molecule has 4 nitrogen and oxygen atoms in total. The van der Waals surface area contributed by atoms with E-state index in [-0.39, 0.29) is 0 Å². The molecule has 1 fully saturated rings. The Morgan fingerprint density at radius 1 is 1.53 bits per heavy atom. The van der Waals surface area contributed by atoms with Crippen LogP contribution in [0.2, 0.25) is 0 Å². The van der Waals surface area contributed by atoms with E-state index in [0.717, 1.165) is 18.4 Å². The van der Waals surface area contributed by atoms with Crippen molar-refractivity contribution in [2.75, 3.05) is 12.0 Å². The van der Waals surface area contributed by atoms with Gasteiger partial charge in [0.2, 0.25) is 0 Å². The van der Waals surface area contributed by atoms with E-state index in [4.69, 9.17) is 5.84 Å². The summed E-state index contributed by atoms with van der Waals surface area (Å²) in [5.74, 6) is 6.12. The summed E-state index contributed by atoms with van der Waals surface area (Å²) in [4.78, 5) is 6.72. The number of rotatable bonds is 7. The summed E-state index contributed by atoms with van der Waals surface area (Å²) in [7, 11) is 0. The lowest BCUT2D eigenvalue weighted by molar-refractivity contribution is 0.250. The Bertz CT molecular complexity index is 349. The molecule has 17 heavy (non-hydrogen) atoms. The third-order valence-corrected chi connectivity index (χ3v) is 3.22. The Morgan fingerprint density at radius 3 is 3.00 bits per heavy atom. The van der Waals surface area contributed by atoms with Gasteiger partial charge in [-0.2, -0.15) is 0 Å². The SMILES string of the molecule is CCCCN(Cc1ccnc(NN)c1)C1CC1. The first-order valence-electron chi connectivity index (χ1n) is 6.49. The fraction of sp³-hybridized carbons (Fsp3) is 0.615. The minimum absolute atomic E-state index is 0.744. The van der Waals surface area contributed by atoms with Crippen molar-refractivity contribution in [3.05, 3.63) is 23.9 Å². The largest absolute Gasteiger partial charge is 0.308 e. The van der Waals surface area contributed by atoms with Gasteiger partial charge >= 0.3 is 0 Å². The highest BCUT2D eigenvalue weighted by atomic mass is 15.2. The average Bonchev–Trinajstić information content (AvgIpc) is 3.19. The summed E-state index contributed by atoms with van der Waals surface area (Å²) in [5.41, 5.74) is 3.89. The van der Waals surface area contributed by atoms with Crippen LogP contribution in [0.1, 0.15) is 38.2 Å². The number of nitrogens with two attached hydrogens (primary N) is 1. The van der Waals surface area contributed by atoms with Crippen LogP contribution >= 0.6 is 0 Å². The van der Waals surface area contributed by atoms with Gasteiger partial charge in [-0.1, -0.05) is 13.3 Å². The first kappa shape index (κ1) is 12.3. The van der Waals surface area contributed by atoms with E-state index in [1.807, 2.05) is 12.3 Å². The van der Waals surface area contributed by atoms with Crippen LogP contribution in [-0.2, 0) is 6.54 Å². The number of hydrogen-bond acceptors (Lipinski definition) is 4. The molecule has 0 radical (unpaired) electrons. The van der Waals surface area contributed by atoms with E-state index >= 15 is 0 Å². The molecule has 0 aromatic carbocycles. The number of nitrogen functional groups attached to an aromatic ring is 1. The standard InChI is InChI=1S/C13H22N4/c1-2-3-8-17(12-4-5-12)10-11-6-7-15-13(9-11)16-14/h6-7,9,12H,2-5,8,10,14H2,1H3,(H,15,16). The Labute approximate surface area is 103 Å². The van der Waals surface area contributed by atoms with E-state index in [1.54, 1.807) is 0 Å². The van der Waals surface area contributed by atoms with Crippen molar-refractivity contribution in [3.63, 3.8) is 0 Å². The molecule has 4 heteroatoms. The van der Waals surface area contributed by atoms with Crippen molar-refractivity contribution >= 4 is 5.82 Å². The van der Waals surface area contributed by atoms with E-state index in [0.29, 0.717) is 0 Å². The van der Waals surface area contributed by atoms with Crippen LogP contribution in [0, 0.1) is 0 Å². The van der Waals surface area contributed by atoms with Gasteiger partial charge in [-0.05, 0) is 43.5 Å². The Balaban J connectivity index is 1.95. The predicted molar refractivity (Wildman–Crippen MR) is 70.4 cm³/mol. The quantitative estimate of drug-likeness (QED) is 0.560. The van der Waals surface area contributed by atoms with Crippen LogP contribution in [0.3, 0.4) is 0 Å². The maximum atomic E-state index is 5.38. The van der Waals surface area contributed by atoms with Crippen LogP contribution < -0.4 is 11.3 Å². The maximum Gasteiger partial charge on any atom is 0.140 e. The molecule has 0 saturated heterocycles. The molecule has 0 amide bonds. The number of aromatic nitrogens is 1. The van der Waals surface area contributed by atoms with Crippen molar-refractivity contribution in [3.8, 4) is 0 Å². The molecule has 1 aromatic heterocycles. The summed E-state index contributed by atoms with van der Waals surface area (Å²) in [6, 6.07) is 4.91. The second kappa shape index (κ2) is 5.98. The van der Waals surface area contributed by atoms with Crippen LogP contribution in [0.15, 0.2) is 18.3 Å². The number of pyridine rings is 1. The molecule has 0 spiro atoms. The van der Waals surface area contributed by atoms with Crippen LogP contribution in [-0.4, -0.2) is 22.5 Å². The van der Waals surface area contributed by atoms with E-state index < -0.39 is 0 Å². The summed E-state index contributed by atoms with van der Waals surface area (Å²) >= 11 is 0. The summed E-state index contributed by atoms with van der Waals surface area (Å²) in [6.45, 7) is 4.46. The molecule has 0 atom stereocenters. The first-order chi connectivity index (χ1) is 8.33. The molecule has 1 aliphatic carbocycles. The molecule has 94 valence electrons. The van der Waals surface area contributed by atoms with Crippen LogP contribution in [0.5, 0.6) is 0 Å². The third-order valence-electron chi connectivity index (χ3n) is 3.22. The van der Waals surface area contributed by atoms with Gasteiger partial charge in [0.1, 0.15) is 5.82 Å². The van der Waals surface area contributed by atoms with Crippen molar-refractivity contribution in [2.24, 2.45) is 5.84 Å². The molecular formula is C13H22N4. The normalized spacial score (nSPS) is 15.2. The number of hydrazine groups is 1. The molecule has 1 heterocycles. The lowest BCUT2D eigenvalue weighted by Gasteiger charge is -2.21. The van der Waals surface area contributed by atoms with Gasteiger partial charge in [0.15, 0.2) is 0 Å². The fourth-order valence-corrected chi connectivity index (χ4v) is 2.08. The van der Waals surface area contributed by atoms with Crippen molar-refractivity contribution in [1.82, 2.24) is 9.88 Å². The van der Waals surface area contributed by atoms with Crippen LogP contribution in [0.25, 0.3) is 0 Å². The number of unbranched alkanes of at least 4 members (excludes halogenated alkanes) is 1. The van der Waals surface area contributed by atoms with Gasteiger partial charge in [-0.15, -0.1) is 0 Å². The summed E-state index contributed by atoms with van der Waals surface area (Å²) < 4.78 is 0. The lowest BCUT2D eigenvalue weighted by Crippen LogP contribution is -2.26. The highest BCUT2D eigenvalue weighted by molar-refractivity contribution is 5.35. The van der Waals surface area contributed by atoms with Gasteiger partial charge in [0.05, 0.1) is 0 Å². The number of nitrogens with one attached hydrogen (secondary N) is 1. The zero-order valence-corrected chi connectivity index (χ0v) is 10.5. The predicted octanol–water partition coefficient (Wildman–Crippen LogP) is 2.13. The number of hydrogen-bond donors (Lipinski definition) is 2. The lowest BCUT2D eigenvalue weighted by atomic mass is 10.2. The Morgan fingerprint density at radius 2 is 2.35 bits per heavy atom. The average molecular weight is 234 g/mol. The zero-order valence-electron chi connectivity index (χ0n) is 10.5. The number of nitrogens with zero attached hydrogens (tertiary/aromatic N) is 2. The molecule has 1 aliphatic rings. The molecule has 2 rings (SSSR count). The molecule has 0 unspecified atom stereocenters. The van der Waals surface area contributed by atoms with Crippen molar-refractivity contribution < 1.29 is 0 Å². The number of anilines is 1. The third kappa shape index (κ3) is 3.68. The smallest absolute Gasteiger partial charge is 0.140 e. The second-order valence-corrected chi connectivity index (χ2v) is 4.75. The van der Waals surface area contributed by atoms with Gasteiger partial charge < -0.3 is 5.43 Å². The highest BCUT2D eigenvalue weighted by Gasteiger charge is 2.28. The van der Waals surface area contributed by atoms with Gasteiger partial charge in [0.25, 0.3) is 0 Å². The topological polar surface area (TPSA) is 54.2 Å². The van der Waals surface area contributed by atoms with Crippen molar-refractivity contribution in [1.29, 1.82) is 0 Å². The van der Waals surface area contributed by atoms with Gasteiger partial charge in [-0.25, -0.2) is 10.8 Å². The maximum absolute atomic E-state index is 5.38. The molecule has 0 aliphatic heterocycles. The Kier molecular flexibility index (Phi) is 4.34. The summed E-state index contributed by atoms with van der Waals surface area (Å²) in [6.07, 6.45) is 7.07. The molecular weight excluding hydrogens is 212 g/mol. The highest BCUT2D eigenvalue weighted by Crippen LogP contribution is 2.28. The fourth-order valence-electron chi connectivity index (χ4n) is 2.08. The van der Waals surface area contributed by atoms with Crippen molar-refractivity contribution in [2.45, 2.75) is 45.2 Å². The molecule has 3 N–H and O–H groups in total. The van der Waals surface area contributed by atoms with Crippen LogP contribution in [0.4, 0.5) is 5.82 Å². The van der Waals surface area contributed by atoms with Gasteiger partial charge in [-0.3, -0.25) is 4.90 Å². The Hall–Kier alpha value is -1.13. The summed E-state index contributed by atoms with van der Waals surface area (Å²) in [5, 5.41) is 0. The van der Waals surface area contributed by atoms with Gasteiger partial charge in [0, 0.05) is 18.8 Å². The minimum atomic E-state index is 0.744. The molecule has 1 aromatic rings.